The summed E-state index contributed by atoms with van der Waals surface area (Å²) >= 11 is 0. The summed E-state index contributed by atoms with van der Waals surface area (Å²) in [4.78, 5) is 39.6. The largest absolute Gasteiger partial charge is 0.479 e. The number of hydrogen-bond acceptors (Lipinski definition) is 4. The molecule has 2 atom stereocenters. The van der Waals surface area contributed by atoms with E-state index in [1.807, 2.05) is 0 Å². The molecular formula is C9H13N3O5. The first kappa shape index (κ1) is 11.6. The van der Waals surface area contributed by atoms with Gasteiger partial charge in [-0.2, -0.15) is 5.06 Å². The van der Waals surface area contributed by atoms with Gasteiger partial charge in [0.1, 0.15) is 6.04 Å². The molecule has 2 rings (SSSR count). The van der Waals surface area contributed by atoms with Crippen LogP contribution in [0.25, 0.3) is 0 Å². The average Bonchev–Trinajstić information content (AvgIpc) is 2.49. The molecule has 3 N–H and O–H groups in total. The molecule has 94 valence electrons. The number of fused-ring (bicyclic) bond motifs is 2. The second-order valence-electron chi connectivity index (χ2n) is 4.08. The number of nitrogens with two attached hydrogens (primary N) is 1. The molecule has 3 amide bonds. The topological polar surface area (TPSA) is 113 Å². The fraction of sp³-hybridized carbons (Fsp3) is 0.667. The fourth-order valence-electron chi connectivity index (χ4n) is 2.22. The van der Waals surface area contributed by atoms with Gasteiger partial charge in [0.05, 0.1) is 6.04 Å². The molecule has 0 aromatic heterocycles. The van der Waals surface area contributed by atoms with Crippen LogP contribution in [0.1, 0.15) is 12.8 Å². The standard InChI is InChI=1S/C9H13N3O5/c10-8(15)6-2-1-5-3-11(6)9(16)12(5)17-4-7(13)14/h5-6H,1-4H2,(H2,10,15)(H,13,14). The minimum absolute atomic E-state index is 0.197. The lowest BCUT2D eigenvalue weighted by Crippen LogP contribution is -2.47. The molecule has 17 heavy (non-hydrogen) atoms. The smallest absolute Gasteiger partial charge is 0.345 e. The molecule has 8 nitrogen and oxygen atoms in total. The Morgan fingerprint density at radius 3 is 2.76 bits per heavy atom. The Labute approximate surface area is 96.9 Å². The summed E-state index contributed by atoms with van der Waals surface area (Å²) in [5.74, 6) is -1.70. The maximum Gasteiger partial charge on any atom is 0.345 e. The predicted molar refractivity (Wildman–Crippen MR) is 53.5 cm³/mol. The van der Waals surface area contributed by atoms with Gasteiger partial charge < -0.3 is 15.7 Å². The number of piperidine rings is 1. The van der Waals surface area contributed by atoms with Crippen molar-refractivity contribution in [2.45, 2.75) is 24.9 Å². The van der Waals surface area contributed by atoms with E-state index in [1.54, 1.807) is 0 Å². The molecule has 2 aliphatic heterocycles. The van der Waals surface area contributed by atoms with Gasteiger partial charge in [-0.15, -0.1) is 0 Å². The third-order valence-corrected chi connectivity index (χ3v) is 2.98. The van der Waals surface area contributed by atoms with Crippen molar-refractivity contribution in [3.05, 3.63) is 0 Å². The molecule has 2 heterocycles. The maximum absolute atomic E-state index is 11.8. The number of carbonyl (C=O) groups excluding carboxylic acids is 2. The first-order valence-electron chi connectivity index (χ1n) is 5.24. The first-order valence-corrected chi connectivity index (χ1v) is 5.24. The minimum atomic E-state index is -1.15. The van der Waals surface area contributed by atoms with E-state index in [1.165, 1.54) is 4.90 Å². The molecule has 2 unspecified atom stereocenters. The lowest BCUT2D eigenvalue weighted by Gasteiger charge is -2.27. The van der Waals surface area contributed by atoms with Crippen molar-refractivity contribution in [3.63, 3.8) is 0 Å². The highest BCUT2D eigenvalue weighted by Crippen LogP contribution is 2.29. The van der Waals surface area contributed by atoms with Crippen LogP contribution in [-0.4, -0.2) is 58.2 Å². The second kappa shape index (κ2) is 4.21. The van der Waals surface area contributed by atoms with E-state index < -0.39 is 30.6 Å². The van der Waals surface area contributed by atoms with Crippen LogP contribution in [0.3, 0.4) is 0 Å². The third-order valence-electron chi connectivity index (χ3n) is 2.98. The summed E-state index contributed by atoms with van der Waals surface area (Å²) in [7, 11) is 0. The maximum atomic E-state index is 11.8. The zero-order chi connectivity index (χ0) is 12.6. The molecule has 2 saturated heterocycles. The molecule has 0 aliphatic carbocycles. The van der Waals surface area contributed by atoms with Crippen molar-refractivity contribution in [2.24, 2.45) is 5.73 Å². The van der Waals surface area contributed by atoms with Crippen LogP contribution in [0, 0.1) is 0 Å². The van der Waals surface area contributed by atoms with Crippen LogP contribution in [0.2, 0.25) is 0 Å². The number of hydroxylamine groups is 2. The van der Waals surface area contributed by atoms with Crippen molar-refractivity contribution in [2.75, 3.05) is 13.2 Å². The Morgan fingerprint density at radius 2 is 2.18 bits per heavy atom. The van der Waals surface area contributed by atoms with E-state index in [4.69, 9.17) is 15.7 Å². The molecule has 2 aliphatic rings. The van der Waals surface area contributed by atoms with Crippen molar-refractivity contribution >= 4 is 17.9 Å². The summed E-state index contributed by atoms with van der Waals surface area (Å²) in [6, 6.07) is -1.30. The van der Waals surface area contributed by atoms with Gasteiger partial charge in [0.25, 0.3) is 0 Å². The van der Waals surface area contributed by atoms with Gasteiger partial charge in [0, 0.05) is 6.54 Å². The number of carboxylic acid groups (broad SMARTS) is 1. The number of carbonyl (C=O) groups is 3. The van der Waals surface area contributed by atoms with Crippen LogP contribution in [0.5, 0.6) is 0 Å². The summed E-state index contributed by atoms with van der Waals surface area (Å²) in [5.41, 5.74) is 5.20. The molecule has 0 saturated carbocycles. The second-order valence-corrected chi connectivity index (χ2v) is 4.08. The molecule has 8 heteroatoms. The van der Waals surface area contributed by atoms with Crippen molar-refractivity contribution in [1.29, 1.82) is 0 Å². The molecule has 0 aromatic carbocycles. The Hall–Kier alpha value is -1.83. The number of urea groups is 1. The summed E-state index contributed by atoms with van der Waals surface area (Å²) in [5, 5.41) is 9.53. The van der Waals surface area contributed by atoms with Crippen LogP contribution >= 0.6 is 0 Å². The average molecular weight is 243 g/mol. The molecule has 0 spiro atoms. The Morgan fingerprint density at radius 1 is 1.47 bits per heavy atom. The Bertz CT molecular complexity index is 372. The molecule has 0 radical (unpaired) electrons. The van der Waals surface area contributed by atoms with Crippen molar-refractivity contribution < 1.29 is 24.3 Å². The van der Waals surface area contributed by atoms with Gasteiger partial charge in [-0.25, -0.2) is 9.59 Å². The lowest BCUT2D eigenvalue weighted by molar-refractivity contribution is -0.167. The SMILES string of the molecule is NC(=O)C1CCC2CN1C(=O)N2OCC(=O)O. The van der Waals surface area contributed by atoms with Gasteiger partial charge in [-0.1, -0.05) is 0 Å². The van der Waals surface area contributed by atoms with Gasteiger partial charge in [0.15, 0.2) is 6.61 Å². The van der Waals surface area contributed by atoms with E-state index in [-0.39, 0.29) is 6.04 Å². The van der Waals surface area contributed by atoms with Gasteiger partial charge in [-0.05, 0) is 12.8 Å². The highest BCUT2D eigenvalue weighted by atomic mass is 16.7. The van der Waals surface area contributed by atoms with Crippen LogP contribution in [0.4, 0.5) is 4.79 Å². The van der Waals surface area contributed by atoms with Crippen molar-refractivity contribution in [1.82, 2.24) is 9.96 Å². The van der Waals surface area contributed by atoms with Crippen molar-refractivity contribution in [3.8, 4) is 0 Å². The zero-order valence-electron chi connectivity index (χ0n) is 9.04. The monoisotopic (exact) mass is 243 g/mol. The highest BCUT2D eigenvalue weighted by Gasteiger charge is 2.47. The summed E-state index contributed by atoms with van der Waals surface area (Å²) in [6.45, 7) is -0.219. The highest BCUT2D eigenvalue weighted by molar-refractivity contribution is 5.87. The number of nitrogens with zero attached hydrogens (tertiary/aromatic N) is 2. The number of primary amides is 1. The van der Waals surface area contributed by atoms with E-state index in [2.05, 4.69) is 0 Å². The van der Waals surface area contributed by atoms with E-state index >= 15 is 0 Å². The fourth-order valence-corrected chi connectivity index (χ4v) is 2.22. The zero-order valence-corrected chi connectivity index (χ0v) is 9.04. The Kier molecular flexibility index (Phi) is 2.88. The number of rotatable bonds is 4. The summed E-state index contributed by atoms with van der Waals surface area (Å²) < 4.78 is 0. The normalized spacial score (nSPS) is 27.4. The summed E-state index contributed by atoms with van der Waals surface area (Å²) in [6.07, 6.45) is 1.06. The molecule has 0 aromatic rings. The Balaban J connectivity index is 2.06. The van der Waals surface area contributed by atoms with E-state index in [0.717, 1.165) is 5.06 Å². The number of aliphatic carboxylic acids is 1. The van der Waals surface area contributed by atoms with Gasteiger partial charge in [-0.3, -0.25) is 9.63 Å². The van der Waals surface area contributed by atoms with Crippen LogP contribution < -0.4 is 5.73 Å². The first-order chi connectivity index (χ1) is 8.00. The molecule has 2 bridgehead atoms. The van der Waals surface area contributed by atoms with Crippen LogP contribution in [0.15, 0.2) is 0 Å². The van der Waals surface area contributed by atoms with Crippen LogP contribution in [-0.2, 0) is 14.4 Å². The lowest BCUT2D eigenvalue weighted by atomic mass is 10.0. The van der Waals surface area contributed by atoms with E-state index in [9.17, 15) is 14.4 Å². The number of carboxylic acids is 1. The number of amides is 3. The third kappa shape index (κ3) is 2.03. The van der Waals surface area contributed by atoms with Gasteiger partial charge >= 0.3 is 12.0 Å². The minimum Gasteiger partial charge on any atom is -0.479 e. The van der Waals surface area contributed by atoms with E-state index in [0.29, 0.717) is 19.4 Å². The number of hydrogen-bond donors (Lipinski definition) is 2. The van der Waals surface area contributed by atoms with Gasteiger partial charge in [0.2, 0.25) is 5.91 Å². The predicted octanol–water partition coefficient (Wildman–Crippen LogP) is -1.24. The molecular weight excluding hydrogens is 230 g/mol. The molecule has 2 fully saturated rings. The quantitative estimate of drug-likeness (QED) is 0.641.